The van der Waals surface area contributed by atoms with Crippen molar-refractivity contribution in [2.24, 2.45) is 15.9 Å². The fourth-order valence-electron chi connectivity index (χ4n) is 1.34. The van der Waals surface area contributed by atoms with Crippen LogP contribution in [-0.2, 0) is 6.54 Å². The van der Waals surface area contributed by atoms with Crippen molar-refractivity contribution in [3.63, 3.8) is 0 Å². The second-order valence-corrected chi connectivity index (χ2v) is 4.56. The van der Waals surface area contributed by atoms with E-state index in [4.69, 9.17) is 5.73 Å². The predicted octanol–water partition coefficient (Wildman–Crippen LogP) is 0.726. The van der Waals surface area contributed by atoms with Crippen molar-refractivity contribution in [3.8, 4) is 0 Å². The van der Waals surface area contributed by atoms with E-state index < -0.39 is 10.7 Å². The van der Waals surface area contributed by atoms with Gasteiger partial charge in [0.2, 0.25) is 0 Å². The highest BCUT2D eigenvalue weighted by Gasteiger charge is 2.38. The molecule has 0 radical (unpaired) electrons. The quantitative estimate of drug-likeness (QED) is 0.634. The highest BCUT2D eigenvalue weighted by molar-refractivity contribution is 7.13. The van der Waals surface area contributed by atoms with Gasteiger partial charge in [-0.25, -0.2) is 9.78 Å². The first kappa shape index (κ1) is 11.6. The van der Waals surface area contributed by atoms with Crippen LogP contribution in [0, 0.1) is 0 Å². The van der Waals surface area contributed by atoms with Crippen LogP contribution in [0.3, 0.4) is 0 Å². The van der Waals surface area contributed by atoms with Crippen molar-refractivity contribution in [2.75, 3.05) is 0 Å². The molecule has 0 aliphatic carbocycles. The molecule has 1 aliphatic rings. The number of aromatic nitrogens is 1. The van der Waals surface area contributed by atoms with Gasteiger partial charge in [0.1, 0.15) is 12.4 Å². The summed E-state index contributed by atoms with van der Waals surface area (Å²) in [6.45, 7) is 1.61. The molecule has 1 aromatic rings. The summed E-state index contributed by atoms with van der Waals surface area (Å²) < 4.78 is -0.556. The second-order valence-electron chi connectivity index (χ2n) is 3.44. The topological polar surface area (TPSA) is 97.8 Å². The molecule has 88 valence electrons. The lowest BCUT2D eigenvalue weighted by molar-refractivity contribution is -0.872. The van der Waals surface area contributed by atoms with Crippen LogP contribution in [0.15, 0.2) is 16.4 Å². The summed E-state index contributed by atoms with van der Waals surface area (Å²) in [5.74, 6) is -0.111. The molecule has 0 saturated heterocycles. The van der Waals surface area contributed by atoms with E-state index >= 15 is 0 Å². The molecule has 0 atom stereocenters. The SMILES string of the molecule is CC(=O)c1ncc(C[N+]2(C(N)=O)N=CC=N2)s1. The second kappa shape index (κ2) is 4.15. The molecule has 1 aromatic heterocycles. The Morgan fingerprint density at radius 1 is 1.41 bits per heavy atom. The number of nitrogens with two attached hydrogens (primary N) is 1. The van der Waals surface area contributed by atoms with Crippen molar-refractivity contribution >= 4 is 35.6 Å². The van der Waals surface area contributed by atoms with E-state index in [9.17, 15) is 9.59 Å². The Labute approximate surface area is 101 Å². The highest BCUT2D eigenvalue weighted by Crippen LogP contribution is 2.22. The van der Waals surface area contributed by atoms with Gasteiger partial charge < -0.3 is 5.73 Å². The third-order valence-corrected chi connectivity index (χ3v) is 3.25. The molecule has 2 N–H and O–H groups in total. The smallest absolute Gasteiger partial charge is 0.315 e. The van der Waals surface area contributed by atoms with Crippen LogP contribution in [0.25, 0.3) is 0 Å². The molecule has 2 heterocycles. The third kappa shape index (κ3) is 2.12. The molecule has 0 saturated carbocycles. The zero-order chi connectivity index (χ0) is 12.5. The van der Waals surface area contributed by atoms with E-state index in [-0.39, 0.29) is 12.3 Å². The van der Waals surface area contributed by atoms with E-state index in [1.165, 1.54) is 36.9 Å². The van der Waals surface area contributed by atoms with Crippen molar-refractivity contribution in [2.45, 2.75) is 13.5 Å². The molecule has 1 aliphatic heterocycles. The largest absolute Gasteiger partial charge is 0.468 e. The van der Waals surface area contributed by atoms with Crippen LogP contribution < -0.4 is 5.73 Å². The number of primary amides is 1. The lowest BCUT2D eigenvalue weighted by atomic mass is 10.5. The fourth-order valence-corrected chi connectivity index (χ4v) is 2.19. The van der Waals surface area contributed by atoms with Gasteiger partial charge in [-0.1, -0.05) is 0 Å². The molecular formula is C9H10N5O2S+. The molecular weight excluding hydrogens is 242 g/mol. The van der Waals surface area contributed by atoms with Crippen molar-refractivity contribution in [1.82, 2.24) is 4.98 Å². The van der Waals surface area contributed by atoms with Gasteiger partial charge in [0, 0.05) is 17.8 Å². The van der Waals surface area contributed by atoms with Crippen molar-refractivity contribution < 1.29 is 14.3 Å². The number of hydrogen-bond donors (Lipinski definition) is 1. The molecule has 2 amide bonds. The zero-order valence-corrected chi connectivity index (χ0v) is 9.85. The van der Waals surface area contributed by atoms with Crippen molar-refractivity contribution in [1.29, 1.82) is 0 Å². The molecule has 17 heavy (non-hydrogen) atoms. The molecule has 0 aromatic carbocycles. The van der Waals surface area contributed by atoms with Gasteiger partial charge >= 0.3 is 6.03 Å². The number of quaternary nitrogens is 1. The lowest BCUT2D eigenvalue weighted by Crippen LogP contribution is -2.44. The maximum atomic E-state index is 11.4. The van der Waals surface area contributed by atoms with Gasteiger partial charge in [0.15, 0.2) is 17.3 Å². The normalized spacial score (nSPS) is 16.3. The number of hydrogen-bond acceptors (Lipinski definition) is 6. The van der Waals surface area contributed by atoms with Crippen LogP contribution in [-0.4, -0.2) is 33.9 Å². The molecule has 8 heteroatoms. The Bertz CT molecular complexity index is 521. The monoisotopic (exact) mass is 252 g/mol. The van der Waals surface area contributed by atoms with Crippen LogP contribution in [0.1, 0.15) is 21.6 Å². The minimum absolute atomic E-state index is 0.111. The van der Waals surface area contributed by atoms with E-state index in [0.717, 1.165) is 4.88 Å². The van der Waals surface area contributed by atoms with Gasteiger partial charge in [-0.15, -0.1) is 11.3 Å². The summed E-state index contributed by atoms with van der Waals surface area (Å²) in [5.41, 5.74) is 5.27. The first-order chi connectivity index (χ1) is 8.03. The number of urea groups is 1. The Morgan fingerprint density at radius 3 is 2.53 bits per heavy atom. The first-order valence-corrected chi connectivity index (χ1v) is 5.59. The summed E-state index contributed by atoms with van der Waals surface area (Å²) in [6.07, 6.45) is 4.36. The van der Waals surface area contributed by atoms with Gasteiger partial charge in [-0.05, 0) is 10.2 Å². The molecule has 0 spiro atoms. The average molecular weight is 252 g/mol. The van der Waals surface area contributed by atoms with E-state index in [1.54, 1.807) is 0 Å². The number of carbonyl (C=O) groups is 2. The predicted molar refractivity (Wildman–Crippen MR) is 62.7 cm³/mol. The lowest BCUT2D eigenvalue weighted by Gasteiger charge is -2.16. The highest BCUT2D eigenvalue weighted by atomic mass is 32.1. The number of rotatable bonds is 3. The van der Waals surface area contributed by atoms with Gasteiger partial charge in [0.25, 0.3) is 0 Å². The minimum Gasteiger partial charge on any atom is -0.315 e. The number of carbonyl (C=O) groups excluding carboxylic acids is 2. The van der Waals surface area contributed by atoms with Crippen molar-refractivity contribution in [3.05, 3.63) is 16.1 Å². The summed E-state index contributed by atoms with van der Waals surface area (Å²) >= 11 is 1.21. The standard InChI is InChI=1S/C9H9N5O2S/c1-6(15)8-11-4-7(17-8)5-14(9(10)16)12-2-3-13-14/h2-4H,5H2,1H3,(H-,10,16)/p+1. The number of nitrogens with zero attached hydrogens (tertiary/aromatic N) is 4. The Balaban J connectivity index is 2.24. The third-order valence-electron chi connectivity index (χ3n) is 2.17. The van der Waals surface area contributed by atoms with Crippen LogP contribution >= 0.6 is 11.3 Å². The Hall–Kier alpha value is -1.93. The average Bonchev–Trinajstić information content (AvgIpc) is 2.88. The maximum Gasteiger partial charge on any atom is 0.468 e. The molecule has 7 nitrogen and oxygen atoms in total. The maximum absolute atomic E-state index is 11.4. The van der Waals surface area contributed by atoms with Crippen LogP contribution in [0.2, 0.25) is 0 Å². The van der Waals surface area contributed by atoms with E-state index in [2.05, 4.69) is 15.2 Å². The Morgan fingerprint density at radius 2 is 2.06 bits per heavy atom. The summed E-state index contributed by atoms with van der Waals surface area (Å²) in [4.78, 5) is 27.1. The van der Waals surface area contributed by atoms with Gasteiger partial charge in [0.05, 0.1) is 4.88 Å². The van der Waals surface area contributed by atoms with Gasteiger partial charge in [-0.3, -0.25) is 4.79 Å². The fraction of sp³-hybridized carbons (Fsp3) is 0.222. The number of thiazole rings is 1. The minimum atomic E-state index is -0.673. The van der Waals surface area contributed by atoms with Gasteiger partial charge in [-0.2, -0.15) is 0 Å². The van der Waals surface area contributed by atoms with Crippen LogP contribution in [0.4, 0.5) is 4.79 Å². The van der Waals surface area contributed by atoms with Crippen LogP contribution in [0.5, 0.6) is 0 Å². The molecule has 0 unspecified atom stereocenters. The Kier molecular flexibility index (Phi) is 2.82. The zero-order valence-electron chi connectivity index (χ0n) is 9.03. The van der Waals surface area contributed by atoms with E-state index in [0.29, 0.717) is 5.01 Å². The number of ketones is 1. The summed E-state index contributed by atoms with van der Waals surface area (Å²) in [7, 11) is 0. The summed E-state index contributed by atoms with van der Waals surface area (Å²) in [6, 6.07) is -0.673. The van der Waals surface area contributed by atoms with E-state index in [1.807, 2.05) is 0 Å². The number of amides is 2. The molecule has 0 bridgehead atoms. The molecule has 0 fully saturated rings. The first-order valence-electron chi connectivity index (χ1n) is 4.77. The number of Topliss-reactive ketones (excluding diaryl/α,β-unsaturated/α-hetero) is 1. The summed E-state index contributed by atoms with van der Waals surface area (Å²) in [5, 5.41) is 8.25. The molecule has 2 rings (SSSR count).